The van der Waals surface area contributed by atoms with E-state index >= 15 is 0 Å². The zero-order valence-corrected chi connectivity index (χ0v) is 13.9. The van der Waals surface area contributed by atoms with Gasteiger partial charge in [-0.3, -0.25) is 14.6 Å². The molecule has 1 heterocycles. The third-order valence-electron chi connectivity index (χ3n) is 4.04. The minimum absolute atomic E-state index is 0.250. The Bertz CT molecular complexity index is 917. The number of aromatic nitrogens is 1. The lowest BCUT2D eigenvalue weighted by atomic mass is 10.0. The first-order chi connectivity index (χ1) is 12.5. The second-order valence-corrected chi connectivity index (χ2v) is 5.91. The Morgan fingerprint density at radius 3 is 2.27 bits per heavy atom. The summed E-state index contributed by atoms with van der Waals surface area (Å²) in [6.45, 7) is 0. The molecule has 1 aromatic rings. The molecule has 0 spiro atoms. The number of carbonyl (C=O) groups is 2. The summed E-state index contributed by atoms with van der Waals surface area (Å²) >= 11 is 0. The maximum atomic E-state index is 12.1. The molecule has 0 fully saturated rings. The van der Waals surface area contributed by atoms with Gasteiger partial charge in [0, 0.05) is 41.2 Å². The summed E-state index contributed by atoms with van der Waals surface area (Å²) in [5.41, 5.74) is 1.14. The first-order valence-electron chi connectivity index (χ1n) is 8.10. The van der Waals surface area contributed by atoms with Crippen molar-refractivity contribution in [1.29, 1.82) is 0 Å². The molecule has 5 heteroatoms. The van der Waals surface area contributed by atoms with Gasteiger partial charge in [-0.25, -0.2) is 0 Å². The van der Waals surface area contributed by atoms with Crippen LogP contribution in [0, 0.1) is 5.92 Å². The van der Waals surface area contributed by atoms with Gasteiger partial charge in [-0.15, -0.1) is 0 Å². The van der Waals surface area contributed by atoms with E-state index < -0.39 is 0 Å². The molecule has 130 valence electrons. The van der Waals surface area contributed by atoms with Crippen LogP contribution in [0.3, 0.4) is 0 Å². The molecular formula is C21H17NO4. The second kappa shape index (κ2) is 7.61. The number of allylic oxidation sites excluding steroid dienone is 10. The van der Waals surface area contributed by atoms with Crippen LogP contribution in [0.1, 0.15) is 17.5 Å². The summed E-state index contributed by atoms with van der Waals surface area (Å²) in [5.74, 6) is -1.42. The van der Waals surface area contributed by atoms with Crippen LogP contribution in [0.25, 0.3) is 11.5 Å². The van der Waals surface area contributed by atoms with E-state index in [-0.39, 0.29) is 40.1 Å². The molecule has 2 N–H and O–H groups in total. The second-order valence-electron chi connectivity index (χ2n) is 5.91. The molecule has 0 amide bonds. The topological polar surface area (TPSA) is 87.5 Å². The van der Waals surface area contributed by atoms with Crippen molar-refractivity contribution >= 4 is 23.1 Å². The number of hydrogen-bond acceptors (Lipinski definition) is 5. The van der Waals surface area contributed by atoms with Crippen LogP contribution in [0.2, 0.25) is 0 Å². The molecule has 0 aliphatic heterocycles. The maximum absolute atomic E-state index is 12.1. The van der Waals surface area contributed by atoms with E-state index in [0.29, 0.717) is 12.0 Å². The molecule has 26 heavy (non-hydrogen) atoms. The van der Waals surface area contributed by atoms with Crippen molar-refractivity contribution in [1.82, 2.24) is 4.98 Å². The van der Waals surface area contributed by atoms with Crippen LogP contribution < -0.4 is 0 Å². The van der Waals surface area contributed by atoms with E-state index in [4.69, 9.17) is 0 Å². The highest BCUT2D eigenvalue weighted by Gasteiger charge is 2.15. The Morgan fingerprint density at radius 2 is 1.65 bits per heavy atom. The summed E-state index contributed by atoms with van der Waals surface area (Å²) in [7, 11) is 0. The SMILES string of the molecule is O=C(C=C(O)c1cncc(C(O)=CC(=O)C2C=CC=C2)c1)C1=CC=CC1. The van der Waals surface area contributed by atoms with E-state index in [1.165, 1.54) is 18.5 Å². The lowest BCUT2D eigenvalue weighted by Gasteiger charge is -2.05. The fourth-order valence-electron chi connectivity index (χ4n) is 2.59. The van der Waals surface area contributed by atoms with Crippen LogP contribution in [0.5, 0.6) is 0 Å². The average Bonchev–Trinajstić information content (AvgIpc) is 3.35. The molecule has 0 bridgehead atoms. The van der Waals surface area contributed by atoms with Crippen molar-refractivity contribution in [2.75, 3.05) is 0 Å². The zero-order valence-electron chi connectivity index (χ0n) is 13.9. The molecular weight excluding hydrogens is 330 g/mol. The summed E-state index contributed by atoms with van der Waals surface area (Å²) in [6.07, 6.45) is 17.9. The number of pyridine rings is 1. The van der Waals surface area contributed by atoms with E-state index in [1.54, 1.807) is 36.5 Å². The van der Waals surface area contributed by atoms with Crippen molar-refractivity contribution in [3.63, 3.8) is 0 Å². The third kappa shape index (κ3) is 3.95. The number of ketones is 2. The Labute approximate surface area is 150 Å². The normalized spacial score (nSPS) is 17.0. The number of carbonyl (C=O) groups excluding carboxylic acids is 2. The van der Waals surface area contributed by atoms with Gasteiger partial charge in [0.2, 0.25) is 0 Å². The number of aliphatic hydroxyl groups is 2. The van der Waals surface area contributed by atoms with E-state index in [0.717, 1.165) is 12.2 Å². The van der Waals surface area contributed by atoms with Gasteiger partial charge in [0.1, 0.15) is 11.5 Å². The number of aliphatic hydroxyl groups excluding tert-OH is 2. The minimum Gasteiger partial charge on any atom is -0.507 e. The van der Waals surface area contributed by atoms with Gasteiger partial charge in [-0.2, -0.15) is 0 Å². The molecule has 0 aromatic carbocycles. The monoisotopic (exact) mass is 347 g/mol. The Balaban J connectivity index is 1.79. The largest absolute Gasteiger partial charge is 0.507 e. The molecule has 0 unspecified atom stereocenters. The van der Waals surface area contributed by atoms with Crippen molar-refractivity contribution < 1.29 is 19.8 Å². The maximum Gasteiger partial charge on any atom is 0.185 e. The van der Waals surface area contributed by atoms with Gasteiger partial charge in [0.15, 0.2) is 11.6 Å². The van der Waals surface area contributed by atoms with Crippen LogP contribution >= 0.6 is 0 Å². The minimum atomic E-state index is -0.382. The van der Waals surface area contributed by atoms with Gasteiger partial charge in [-0.05, 0) is 12.5 Å². The molecule has 0 saturated carbocycles. The molecule has 0 atom stereocenters. The Morgan fingerprint density at radius 1 is 1.00 bits per heavy atom. The molecule has 0 radical (unpaired) electrons. The van der Waals surface area contributed by atoms with Crippen molar-refractivity contribution in [2.45, 2.75) is 6.42 Å². The van der Waals surface area contributed by atoms with E-state index in [2.05, 4.69) is 4.98 Å². The number of hydrogen-bond donors (Lipinski definition) is 2. The number of nitrogens with zero attached hydrogens (tertiary/aromatic N) is 1. The van der Waals surface area contributed by atoms with Crippen LogP contribution in [-0.4, -0.2) is 26.8 Å². The van der Waals surface area contributed by atoms with Crippen molar-refractivity contribution in [3.8, 4) is 0 Å². The summed E-state index contributed by atoms with van der Waals surface area (Å²) < 4.78 is 0. The van der Waals surface area contributed by atoms with Crippen LogP contribution in [0.15, 0.2) is 78.7 Å². The van der Waals surface area contributed by atoms with E-state index in [9.17, 15) is 19.8 Å². The molecule has 0 saturated heterocycles. The summed E-state index contributed by atoms with van der Waals surface area (Å²) in [5, 5.41) is 20.4. The fraction of sp³-hybridized carbons (Fsp3) is 0.0952. The predicted molar refractivity (Wildman–Crippen MR) is 99.1 cm³/mol. The lowest BCUT2D eigenvalue weighted by molar-refractivity contribution is -0.115. The molecule has 1 aromatic heterocycles. The molecule has 2 aliphatic rings. The number of rotatable bonds is 6. The summed E-state index contributed by atoms with van der Waals surface area (Å²) in [6, 6.07) is 1.47. The predicted octanol–water partition coefficient (Wildman–Crippen LogP) is 3.65. The Kier molecular flexibility index (Phi) is 5.08. The first-order valence-corrected chi connectivity index (χ1v) is 8.10. The van der Waals surface area contributed by atoms with Gasteiger partial charge in [0.25, 0.3) is 0 Å². The highest BCUT2D eigenvalue weighted by atomic mass is 16.3. The zero-order chi connectivity index (χ0) is 18.5. The van der Waals surface area contributed by atoms with Crippen LogP contribution in [-0.2, 0) is 9.59 Å². The smallest absolute Gasteiger partial charge is 0.185 e. The van der Waals surface area contributed by atoms with Gasteiger partial charge in [-0.1, -0.05) is 42.5 Å². The van der Waals surface area contributed by atoms with Crippen LogP contribution in [0.4, 0.5) is 0 Å². The van der Waals surface area contributed by atoms with E-state index in [1.807, 2.05) is 6.08 Å². The highest BCUT2D eigenvalue weighted by Crippen LogP contribution is 2.20. The van der Waals surface area contributed by atoms with Gasteiger partial charge < -0.3 is 10.2 Å². The van der Waals surface area contributed by atoms with Crippen molar-refractivity contribution in [2.24, 2.45) is 5.92 Å². The first kappa shape index (κ1) is 17.4. The summed E-state index contributed by atoms with van der Waals surface area (Å²) in [4.78, 5) is 28.1. The average molecular weight is 347 g/mol. The highest BCUT2D eigenvalue weighted by molar-refractivity contribution is 6.08. The lowest BCUT2D eigenvalue weighted by Crippen LogP contribution is -2.05. The molecule has 5 nitrogen and oxygen atoms in total. The molecule has 2 aliphatic carbocycles. The molecule has 3 rings (SSSR count). The van der Waals surface area contributed by atoms with Gasteiger partial charge >= 0.3 is 0 Å². The fourth-order valence-corrected chi connectivity index (χ4v) is 2.59. The van der Waals surface area contributed by atoms with Gasteiger partial charge in [0.05, 0.1) is 5.92 Å². The third-order valence-corrected chi connectivity index (χ3v) is 4.04. The van der Waals surface area contributed by atoms with Crippen molar-refractivity contribution in [3.05, 3.63) is 89.8 Å². The quantitative estimate of drug-likeness (QED) is 0.606. The Hall–Kier alpha value is -3.47. The standard InChI is InChI=1S/C21H17NO4/c23-18(14-5-1-2-6-14)10-20(25)16-9-17(13-22-12-16)21(26)11-19(24)15-7-3-4-8-15/h1-7,9-14,25-26H,8H2.